The minimum atomic E-state index is -0.386. The van der Waals surface area contributed by atoms with E-state index in [-0.39, 0.29) is 18.0 Å². The van der Waals surface area contributed by atoms with E-state index in [4.69, 9.17) is 5.73 Å². The minimum Gasteiger partial charge on any atom is -0.393 e. The Morgan fingerprint density at radius 3 is 2.59 bits per heavy atom. The van der Waals surface area contributed by atoms with E-state index in [1.54, 1.807) is 17.9 Å². The Morgan fingerprint density at radius 1 is 1.41 bits per heavy atom. The van der Waals surface area contributed by atoms with Gasteiger partial charge in [-0.2, -0.15) is 0 Å². The number of hydrogen-bond donors (Lipinski definition) is 2. The largest absolute Gasteiger partial charge is 0.393 e. The van der Waals surface area contributed by atoms with Gasteiger partial charge >= 0.3 is 0 Å². The number of halogens is 1. The third-order valence-corrected chi connectivity index (χ3v) is 2.77. The second-order valence-corrected chi connectivity index (χ2v) is 4.53. The lowest BCUT2D eigenvalue weighted by Gasteiger charge is -2.25. The number of nitrogens with zero attached hydrogens (tertiary/aromatic N) is 1. The molecule has 0 radical (unpaired) electrons. The summed E-state index contributed by atoms with van der Waals surface area (Å²) in [6.45, 7) is 4.15. The first kappa shape index (κ1) is 13.9. The highest BCUT2D eigenvalue weighted by Gasteiger charge is 2.15. The van der Waals surface area contributed by atoms with Gasteiger partial charge in [-0.3, -0.25) is 0 Å². The van der Waals surface area contributed by atoms with Crippen molar-refractivity contribution < 1.29 is 9.50 Å². The number of anilines is 1. The molecule has 1 aromatic carbocycles. The summed E-state index contributed by atoms with van der Waals surface area (Å²) in [4.78, 5) is 1.81. The van der Waals surface area contributed by atoms with Crippen molar-refractivity contribution in [3.8, 4) is 0 Å². The monoisotopic (exact) mass is 240 g/mol. The van der Waals surface area contributed by atoms with E-state index in [1.807, 2.05) is 20.0 Å². The predicted octanol–water partition coefficient (Wildman–Crippen LogP) is 2.05. The summed E-state index contributed by atoms with van der Waals surface area (Å²) < 4.78 is 13.8. The van der Waals surface area contributed by atoms with E-state index in [1.165, 1.54) is 6.07 Å². The third-order valence-electron chi connectivity index (χ3n) is 2.77. The summed E-state index contributed by atoms with van der Waals surface area (Å²) in [7, 11) is 1.81. The van der Waals surface area contributed by atoms with Crippen LogP contribution in [-0.4, -0.2) is 24.8 Å². The van der Waals surface area contributed by atoms with E-state index in [0.717, 1.165) is 5.56 Å². The third kappa shape index (κ3) is 3.68. The van der Waals surface area contributed by atoms with Crippen LogP contribution in [-0.2, 0) is 0 Å². The first-order valence-corrected chi connectivity index (χ1v) is 5.86. The van der Waals surface area contributed by atoms with Crippen molar-refractivity contribution in [1.82, 2.24) is 0 Å². The van der Waals surface area contributed by atoms with Gasteiger partial charge in [-0.25, -0.2) is 4.39 Å². The van der Waals surface area contributed by atoms with Gasteiger partial charge in [0.1, 0.15) is 5.82 Å². The number of hydrogen-bond acceptors (Lipinski definition) is 3. The van der Waals surface area contributed by atoms with E-state index in [2.05, 4.69) is 0 Å². The highest BCUT2D eigenvalue weighted by atomic mass is 19.1. The maximum Gasteiger partial charge on any atom is 0.146 e. The molecule has 96 valence electrons. The molecular formula is C13H21FN2O. The second kappa shape index (κ2) is 5.98. The molecule has 4 heteroatoms. The highest BCUT2D eigenvalue weighted by Crippen LogP contribution is 2.27. The SMILES string of the molecule is CC(O)CCN(C)c1c(F)cccc1[C@H](C)N. The number of aliphatic hydroxyl groups excluding tert-OH is 1. The van der Waals surface area contributed by atoms with Crippen molar-refractivity contribution in [2.24, 2.45) is 5.73 Å². The topological polar surface area (TPSA) is 49.5 Å². The number of nitrogens with two attached hydrogens (primary N) is 1. The first-order chi connectivity index (χ1) is 7.93. The fourth-order valence-electron chi connectivity index (χ4n) is 1.79. The molecule has 0 bridgehead atoms. The van der Waals surface area contributed by atoms with Gasteiger partial charge in [0.2, 0.25) is 0 Å². The van der Waals surface area contributed by atoms with Gasteiger partial charge in [-0.1, -0.05) is 12.1 Å². The Bertz CT molecular complexity index is 366. The quantitative estimate of drug-likeness (QED) is 0.828. The van der Waals surface area contributed by atoms with Crippen LogP contribution >= 0.6 is 0 Å². The van der Waals surface area contributed by atoms with Gasteiger partial charge < -0.3 is 15.7 Å². The highest BCUT2D eigenvalue weighted by molar-refractivity contribution is 5.55. The molecule has 0 saturated heterocycles. The molecule has 1 aromatic rings. The predicted molar refractivity (Wildman–Crippen MR) is 68.6 cm³/mol. The molecule has 0 aliphatic carbocycles. The number of benzene rings is 1. The lowest BCUT2D eigenvalue weighted by molar-refractivity contribution is 0.186. The molecule has 3 N–H and O–H groups in total. The summed E-state index contributed by atoms with van der Waals surface area (Å²) >= 11 is 0. The van der Waals surface area contributed by atoms with Gasteiger partial charge in [-0.05, 0) is 31.9 Å². The van der Waals surface area contributed by atoms with E-state index in [0.29, 0.717) is 18.7 Å². The summed E-state index contributed by atoms with van der Waals surface area (Å²) in [5.41, 5.74) is 7.16. The average molecular weight is 240 g/mol. The van der Waals surface area contributed by atoms with Crippen LogP contribution in [0.2, 0.25) is 0 Å². The molecule has 0 amide bonds. The van der Waals surface area contributed by atoms with Crippen LogP contribution in [0.5, 0.6) is 0 Å². The molecule has 3 nitrogen and oxygen atoms in total. The van der Waals surface area contributed by atoms with Crippen LogP contribution in [0.25, 0.3) is 0 Å². The van der Waals surface area contributed by atoms with Crippen molar-refractivity contribution in [2.45, 2.75) is 32.4 Å². The Hall–Kier alpha value is -1.13. The Balaban J connectivity index is 2.94. The molecule has 1 rings (SSSR count). The van der Waals surface area contributed by atoms with Crippen LogP contribution in [0.15, 0.2) is 18.2 Å². The molecular weight excluding hydrogens is 219 g/mol. The van der Waals surface area contributed by atoms with Gasteiger partial charge in [0.15, 0.2) is 0 Å². The van der Waals surface area contributed by atoms with Gasteiger partial charge in [0.05, 0.1) is 11.8 Å². The van der Waals surface area contributed by atoms with Crippen LogP contribution in [0.3, 0.4) is 0 Å². The van der Waals surface area contributed by atoms with Crippen molar-refractivity contribution in [1.29, 1.82) is 0 Å². The normalized spacial score (nSPS) is 14.5. The number of para-hydroxylation sites is 1. The molecule has 0 heterocycles. The van der Waals surface area contributed by atoms with Crippen molar-refractivity contribution in [3.05, 3.63) is 29.6 Å². The van der Waals surface area contributed by atoms with Crippen LogP contribution < -0.4 is 10.6 Å². The zero-order chi connectivity index (χ0) is 13.0. The molecule has 17 heavy (non-hydrogen) atoms. The standard InChI is InChI=1S/C13H21FN2O/c1-9(17)7-8-16(3)13-11(10(2)15)5-4-6-12(13)14/h4-6,9-10,17H,7-8,15H2,1-3H3/t9?,10-/m0/s1. The van der Waals surface area contributed by atoms with Crippen molar-refractivity contribution >= 4 is 5.69 Å². The fourth-order valence-corrected chi connectivity index (χ4v) is 1.79. The van der Waals surface area contributed by atoms with Crippen molar-refractivity contribution in [2.75, 3.05) is 18.5 Å². The van der Waals surface area contributed by atoms with E-state index < -0.39 is 0 Å². The van der Waals surface area contributed by atoms with E-state index in [9.17, 15) is 9.50 Å². The van der Waals surface area contributed by atoms with Gasteiger partial charge in [0, 0.05) is 19.6 Å². The molecule has 0 aliphatic heterocycles. The van der Waals surface area contributed by atoms with Gasteiger partial charge in [-0.15, -0.1) is 0 Å². The van der Waals surface area contributed by atoms with Crippen LogP contribution in [0, 0.1) is 5.82 Å². The Morgan fingerprint density at radius 2 is 2.06 bits per heavy atom. The lowest BCUT2D eigenvalue weighted by Crippen LogP contribution is -2.25. The molecule has 0 saturated carbocycles. The molecule has 0 aromatic heterocycles. The number of rotatable bonds is 5. The average Bonchev–Trinajstić information content (AvgIpc) is 2.25. The first-order valence-electron chi connectivity index (χ1n) is 5.86. The van der Waals surface area contributed by atoms with Crippen LogP contribution in [0.1, 0.15) is 31.9 Å². The van der Waals surface area contributed by atoms with E-state index >= 15 is 0 Å². The zero-order valence-electron chi connectivity index (χ0n) is 10.7. The fraction of sp³-hybridized carbons (Fsp3) is 0.538. The van der Waals surface area contributed by atoms with Crippen molar-refractivity contribution in [3.63, 3.8) is 0 Å². The molecule has 1 unspecified atom stereocenters. The summed E-state index contributed by atoms with van der Waals surface area (Å²) in [5, 5.41) is 9.25. The molecule has 0 fully saturated rings. The summed E-state index contributed by atoms with van der Waals surface area (Å²) in [6.07, 6.45) is 0.214. The summed E-state index contributed by atoms with van der Waals surface area (Å²) in [6, 6.07) is 4.72. The lowest BCUT2D eigenvalue weighted by atomic mass is 10.1. The van der Waals surface area contributed by atoms with Gasteiger partial charge in [0.25, 0.3) is 0 Å². The zero-order valence-corrected chi connectivity index (χ0v) is 10.7. The Kier molecular flexibility index (Phi) is 4.90. The smallest absolute Gasteiger partial charge is 0.146 e. The number of aliphatic hydroxyl groups is 1. The molecule has 0 spiro atoms. The summed E-state index contributed by atoms with van der Waals surface area (Å²) in [5.74, 6) is -0.270. The maximum absolute atomic E-state index is 13.8. The Labute approximate surface area is 102 Å². The maximum atomic E-state index is 13.8. The molecule has 2 atom stereocenters. The second-order valence-electron chi connectivity index (χ2n) is 4.53. The van der Waals surface area contributed by atoms with Crippen LogP contribution in [0.4, 0.5) is 10.1 Å². The molecule has 0 aliphatic rings. The minimum absolute atomic E-state index is 0.213.